The maximum absolute atomic E-state index is 12.4. The second-order valence-electron chi connectivity index (χ2n) is 8.10. The van der Waals surface area contributed by atoms with E-state index in [1.807, 2.05) is 41.5 Å². The Balaban J connectivity index is 2.58. The first-order chi connectivity index (χ1) is 10.5. The van der Waals surface area contributed by atoms with Crippen LogP contribution in [-0.2, 0) is 9.53 Å². The molecule has 1 atom stereocenters. The highest BCUT2D eigenvalue weighted by Gasteiger charge is 2.30. The lowest BCUT2D eigenvalue weighted by Gasteiger charge is -2.37. The number of carbonyl (C=O) groups is 2. The van der Waals surface area contributed by atoms with Gasteiger partial charge in [0.1, 0.15) is 5.60 Å². The van der Waals surface area contributed by atoms with Gasteiger partial charge in [-0.3, -0.25) is 4.79 Å². The van der Waals surface area contributed by atoms with Crippen molar-refractivity contribution in [2.45, 2.75) is 78.0 Å². The van der Waals surface area contributed by atoms with Gasteiger partial charge in [0.05, 0.1) is 6.04 Å². The summed E-state index contributed by atoms with van der Waals surface area (Å²) in [5.41, 5.74) is -0.856. The van der Waals surface area contributed by atoms with Crippen molar-refractivity contribution in [1.29, 1.82) is 0 Å². The standard InChI is InChI=1S/C17H33N3O3/c1-16(2,3)20(15(22)23-17(4,5)6)12-11-18-13-9-7-8-10-19-14(13)21/h13,18H,7-12H2,1-6H3,(H,19,21). The van der Waals surface area contributed by atoms with Crippen LogP contribution < -0.4 is 10.6 Å². The van der Waals surface area contributed by atoms with E-state index in [0.717, 1.165) is 25.8 Å². The van der Waals surface area contributed by atoms with E-state index in [4.69, 9.17) is 4.74 Å². The zero-order valence-electron chi connectivity index (χ0n) is 15.5. The lowest BCUT2D eigenvalue weighted by Crippen LogP contribution is -2.52. The normalized spacial score (nSPS) is 19.7. The van der Waals surface area contributed by atoms with E-state index in [2.05, 4.69) is 10.6 Å². The monoisotopic (exact) mass is 327 g/mol. The predicted octanol–water partition coefficient (Wildman–Crippen LogP) is 2.28. The highest BCUT2D eigenvalue weighted by molar-refractivity contribution is 5.81. The van der Waals surface area contributed by atoms with Crippen molar-refractivity contribution in [1.82, 2.24) is 15.5 Å². The van der Waals surface area contributed by atoms with Crippen LogP contribution in [0, 0.1) is 0 Å². The topological polar surface area (TPSA) is 70.7 Å². The van der Waals surface area contributed by atoms with Crippen LogP contribution in [0.3, 0.4) is 0 Å². The maximum Gasteiger partial charge on any atom is 0.410 e. The molecule has 6 nitrogen and oxygen atoms in total. The lowest BCUT2D eigenvalue weighted by atomic mass is 10.1. The zero-order valence-corrected chi connectivity index (χ0v) is 15.5. The van der Waals surface area contributed by atoms with Gasteiger partial charge in [0.2, 0.25) is 5.91 Å². The first kappa shape index (κ1) is 19.7. The molecule has 23 heavy (non-hydrogen) atoms. The summed E-state index contributed by atoms with van der Waals surface area (Å²) in [6, 6.07) is -0.169. The Morgan fingerprint density at radius 1 is 1.26 bits per heavy atom. The number of nitrogens with one attached hydrogen (secondary N) is 2. The molecule has 1 heterocycles. The van der Waals surface area contributed by atoms with E-state index in [9.17, 15) is 9.59 Å². The summed E-state index contributed by atoms with van der Waals surface area (Å²) in [6.45, 7) is 13.3. The molecule has 0 saturated carbocycles. The van der Waals surface area contributed by atoms with E-state index < -0.39 is 5.60 Å². The molecule has 0 aromatic carbocycles. The summed E-state index contributed by atoms with van der Waals surface area (Å²) < 4.78 is 5.49. The smallest absolute Gasteiger partial charge is 0.410 e. The predicted molar refractivity (Wildman–Crippen MR) is 91.3 cm³/mol. The number of nitrogens with zero attached hydrogens (tertiary/aromatic N) is 1. The third-order valence-corrected chi connectivity index (χ3v) is 3.69. The number of amides is 2. The quantitative estimate of drug-likeness (QED) is 0.831. The summed E-state index contributed by atoms with van der Waals surface area (Å²) >= 11 is 0. The van der Waals surface area contributed by atoms with Gasteiger partial charge < -0.3 is 20.3 Å². The van der Waals surface area contributed by atoms with Crippen molar-refractivity contribution in [2.24, 2.45) is 0 Å². The van der Waals surface area contributed by atoms with E-state index in [-0.39, 0.29) is 23.6 Å². The van der Waals surface area contributed by atoms with Crippen molar-refractivity contribution < 1.29 is 14.3 Å². The second kappa shape index (κ2) is 7.99. The Hall–Kier alpha value is -1.30. The van der Waals surface area contributed by atoms with Crippen LogP contribution in [0.25, 0.3) is 0 Å². The number of hydrogen-bond acceptors (Lipinski definition) is 4. The Bertz CT molecular complexity index is 410. The van der Waals surface area contributed by atoms with Gasteiger partial charge in [-0.1, -0.05) is 0 Å². The fourth-order valence-electron chi connectivity index (χ4n) is 2.50. The van der Waals surface area contributed by atoms with Gasteiger partial charge in [0, 0.05) is 25.2 Å². The Morgan fingerprint density at radius 2 is 1.91 bits per heavy atom. The van der Waals surface area contributed by atoms with Gasteiger partial charge in [-0.2, -0.15) is 0 Å². The Morgan fingerprint density at radius 3 is 2.48 bits per heavy atom. The molecule has 1 rings (SSSR count). The minimum atomic E-state index is -0.519. The molecule has 0 aromatic heterocycles. The number of ether oxygens (including phenoxy) is 1. The Labute approximate surface area is 140 Å². The molecule has 2 N–H and O–H groups in total. The first-order valence-electron chi connectivity index (χ1n) is 8.52. The van der Waals surface area contributed by atoms with Crippen LogP contribution in [0.15, 0.2) is 0 Å². The van der Waals surface area contributed by atoms with Gasteiger partial charge in [-0.25, -0.2) is 4.79 Å². The Kier molecular flexibility index (Phi) is 6.86. The molecular formula is C17H33N3O3. The van der Waals surface area contributed by atoms with Crippen molar-refractivity contribution in [2.75, 3.05) is 19.6 Å². The average Bonchev–Trinajstić information content (AvgIpc) is 2.56. The van der Waals surface area contributed by atoms with Gasteiger partial charge in [0.15, 0.2) is 0 Å². The SMILES string of the molecule is CC(C)(C)OC(=O)N(CCNC1CCCCNC1=O)C(C)(C)C. The molecule has 0 aromatic rings. The minimum absolute atomic E-state index is 0.0575. The molecule has 0 radical (unpaired) electrons. The van der Waals surface area contributed by atoms with Crippen molar-refractivity contribution in [3.05, 3.63) is 0 Å². The lowest BCUT2D eigenvalue weighted by molar-refractivity contribution is -0.122. The molecule has 0 aliphatic carbocycles. The molecule has 1 aliphatic heterocycles. The molecule has 6 heteroatoms. The molecule has 1 fully saturated rings. The number of hydrogen-bond donors (Lipinski definition) is 2. The van der Waals surface area contributed by atoms with Crippen LogP contribution in [0.5, 0.6) is 0 Å². The summed E-state index contributed by atoms with van der Waals surface area (Å²) in [5.74, 6) is 0.0575. The van der Waals surface area contributed by atoms with Crippen molar-refractivity contribution in [3.63, 3.8) is 0 Å². The molecule has 0 bridgehead atoms. The fraction of sp³-hybridized carbons (Fsp3) is 0.882. The number of carbonyl (C=O) groups excluding carboxylic acids is 2. The fourth-order valence-corrected chi connectivity index (χ4v) is 2.50. The number of rotatable bonds is 4. The molecule has 0 spiro atoms. The highest BCUT2D eigenvalue weighted by Crippen LogP contribution is 2.18. The zero-order chi connectivity index (χ0) is 17.7. The summed E-state index contributed by atoms with van der Waals surface area (Å²) in [7, 11) is 0. The van der Waals surface area contributed by atoms with Crippen LogP contribution in [0.4, 0.5) is 4.79 Å². The molecule has 2 amide bonds. The van der Waals surface area contributed by atoms with Crippen molar-refractivity contribution in [3.8, 4) is 0 Å². The third kappa shape index (κ3) is 7.20. The van der Waals surface area contributed by atoms with E-state index in [1.165, 1.54) is 0 Å². The average molecular weight is 327 g/mol. The molecule has 1 saturated heterocycles. The van der Waals surface area contributed by atoms with Crippen LogP contribution in [0.2, 0.25) is 0 Å². The van der Waals surface area contributed by atoms with Crippen LogP contribution >= 0.6 is 0 Å². The van der Waals surface area contributed by atoms with E-state index in [1.54, 1.807) is 4.90 Å². The molecule has 1 aliphatic rings. The van der Waals surface area contributed by atoms with Crippen LogP contribution in [-0.4, -0.2) is 53.7 Å². The minimum Gasteiger partial charge on any atom is -0.444 e. The van der Waals surface area contributed by atoms with Gasteiger partial charge >= 0.3 is 6.09 Å². The summed E-state index contributed by atoms with van der Waals surface area (Å²) in [4.78, 5) is 26.0. The first-order valence-corrected chi connectivity index (χ1v) is 8.52. The summed E-state index contributed by atoms with van der Waals surface area (Å²) in [5, 5.41) is 6.18. The van der Waals surface area contributed by atoms with Crippen LogP contribution in [0.1, 0.15) is 60.8 Å². The molecule has 134 valence electrons. The second-order valence-corrected chi connectivity index (χ2v) is 8.10. The molecular weight excluding hydrogens is 294 g/mol. The molecule has 1 unspecified atom stereocenters. The van der Waals surface area contributed by atoms with E-state index >= 15 is 0 Å². The van der Waals surface area contributed by atoms with E-state index in [0.29, 0.717) is 13.1 Å². The van der Waals surface area contributed by atoms with Crippen molar-refractivity contribution >= 4 is 12.0 Å². The highest BCUT2D eigenvalue weighted by atomic mass is 16.6. The van der Waals surface area contributed by atoms with Gasteiger partial charge in [0.25, 0.3) is 0 Å². The third-order valence-electron chi connectivity index (χ3n) is 3.69. The maximum atomic E-state index is 12.4. The van der Waals surface area contributed by atoms with Gasteiger partial charge in [-0.15, -0.1) is 0 Å². The summed E-state index contributed by atoms with van der Waals surface area (Å²) in [6.07, 6.45) is 2.58. The largest absolute Gasteiger partial charge is 0.444 e. The van der Waals surface area contributed by atoms with Gasteiger partial charge in [-0.05, 0) is 60.8 Å².